The molecule has 0 spiro atoms. The fourth-order valence-electron chi connectivity index (χ4n) is 2.12. The summed E-state index contributed by atoms with van der Waals surface area (Å²) >= 11 is 0. The van der Waals surface area contributed by atoms with E-state index in [9.17, 15) is 0 Å². The molecule has 0 aliphatic carbocycles. The summed E-state index contributed by atoms with van der Waals surface area (Å²) in [4.78, 5) is 0. The molecule has 1 aliphatic heterocycles. The molecule has 1 aromatic rings. The lowest BCUT2D eigenvalue weighted by Gasteiger charge is -2.29. The fourth-order valence-corrected chi connectivity index (χ4v) is 2.12. The van der Waals surface area contributed by atoms with Gasteiger partial charge in [-0.15, -0.1) is 0 Å². The largest absolute Gasteiger partial charge is 0.259 e. The van der Waals surface area contributed by atoms with E-state index in [1.54, 1.807) is 0 Å². The number of hydrogen-bond donors (Lipinski definition) is 0. The molecular weight excluding hydrogens is 184 g/mol. The first-order valence-corrected chi connectivity index (χ1v) is 5.41. The van der Waals surface area contributed by atoms with Crippen molar-refractivity contribution in [1.29, 1.82) is 0 Å². The number of rotatable bonds is 1. The van der Waals surface area contributed by atoms with Crippen LogP contribution in [0.5, 0.6) is 0 Å². The first-order valence-electron chi connectivity index (χ1n) is 5.41. The summed E-state index contributed by atoms with van der Waals surface area (Å²) in [6, 6.07) is 8.52. The Balaban J connectivity index is 2.48. The van der Waals surface area contributed by atoms with Crippen molar-refractivity contribution in [2.45, 2.75) is 39.7 Å². The first-order chi connectivity index (χ1) is 7.00. The van der Waals surface area contributed by atoms with Crippen LogP contribution in [0.15, 0.2) is 29.4 Å². The second-order valence-electron chi connectivity index (χ2n) is 4.98. The van der Waals surface area contributed by atoms with Crippen LogP contribution in [0.4, 0.5) is 5.69 Å². The molecule has 0 saturated carbocycles. The summed E-state index contributed by atoms with van der Waals surface area (Å²) in [6.07, 6.45) is 1.07. The molecule has 1 aliphatic rings. The fraction of sp³-hybridized carbons (Fsp3) is 0.462. The third kappa shape index (κ3) is 1.76. The second kappa shape index (κ2) is 3.37. The number of fused-ring (bicyclic) bond motifs is 1. The maximum absolute atomic E-state index is 4.62. The lowest BCUT2D eigenvalue weighted by Crippen LogP contribution is -2.37. The highest BCUT2D eigenvalue weighted by molar-refractivity contribution is 5.81. The van der Waals surface area contributed by atoms with Gasteiger partial charge in [0.15, 0.2) is 0 Å². The molecule has 2 nitrogen and oxygen atoms in total. The molecule has 1 heterocycles. The van der Waals surface area contributed by atoms with Crippen LogP contribution in [0, 0.1) is 0 Å². The summed E-state index contributed by atoms with van der Waals surface area (Å²) in [5.74, 6) is 0. The zero-order chi connectivity index (χ0) is 11.1. The number of hydrogen-bond acceptors (Lipinski definition) is 2. The van der Waals surface area contributed by atoms with Gasteiger partial charge < -0.3 is 0 Å². The van der Waals surface area contributed by atoms with Crippen LogP contribution in [-0.4, -0.2) is 11.3 Å². The first kappa shape index (κ1) is 10.2. The van der Waals surface area contributed by atoms with Gasteiger partial charge in [0.1, 0.15) is 0 Å². The van der Waals surface area contributed by atoms with E-state index in [1.165, 1.54) is 11.3 Å². The summed E-state index contributed by atoms with van der Waals surface area (Å²) in [5.41, 5.74) is 3.84. The van der Waals surface area contributed by atoms with Crippen LogP contribution < -0.4 is 5.01 Å². The zero-order valence-electron chi connectivity index (χ0n) is 9.91. The average molecular weight is 202 g/mol. The second-order valence-corrected chi connectivity index (χ2v) is 4.98. The SMILES string of the molecule is CC(C)=NN1c2ccccc2CC1(C)C. The molecule has 0 amide bonds. The van der Waals surface area contributed by atoms with E-state index in [1.807, 2.05) is 13.8 Å². The molecule has 2 rings (SSSR count). The highest BCUT2D eigenvalue weighted by atomic mass is 15.5. The van der Waals surface area contributed by atoms with Gasteiger partial charge in [-0.2, -0.15) is 5.10 Å². The van der Waals surface area contributed by atoms with Gasteiger partial charge in [0.25, 0.3) is 0 Å². The lowest BCUT2D eigenvalue weighted by atomic mass is 10.0. The van der Waals surface area contributed by atoms with Gasteiger partial charge in [0.2, 0.25) is 0 Å². The number of nitrogens with zero attached hydrogens (tertiary/aromatic N) is 2. The van der Waals surface area contributed by atoms with E-state index in [-0.39, 0.29) is 5.54 Å². The van der Waals surface area contributed by atoms with Crippen molar-refractivity contribution >= 4 is 11.4 Å². The van der Waals surface area contributed by atoms with Gasteiger partial charge in [-0.3, -0.25) is 5.01 Å². The van der Waals surface area contributed by atoms with Crippen molar-refractivity contribution in [1.82, 2.24) is 0 Å². The summed E-state index contributed by atoms with van der Waals surface area (Å²) in [6.45, 7) is 8.55. The number of hydrazone groups is 1. The average Bonchev–Trinajstić information content (AvgIpc) is 2.37. The molecule has 80 valence electrons. The highest BCUT2D eigenvalue weighted by Gasteiger charge is 2.35. The summed E-state index contributed by atoms with van der Waals surface area (Å²) in [5, 5.41) is 6.77. The predicted molar refractivity (Wildman–Crippen MR) is 65.5 cm³/mol. The Bertz CT molecular complexity index is 401. The monoisotopic (exact) mass is 202 g/mol. The normalized spacial score (nSPS) is 17.5. The van der Waals surface area contributed by atoms with Gasteiger partial charge in [0, 0.05) is 5.71 Å². The molecule has 0 aromatic heterocycles. The molecule has 0 bridgehead atoms. The molecule has 0 saturated heterocycles. The summed E-state index contributed by atoms with van der Waals surface area (Å²) < 4.78 is 0. The van der Waals surface area contributed by atoms with E-state index in [0.717, 1.165) is 12.1 Å². The predicted octanol–water partition coefficient (Wildman–Crippen LogP) is 3.22. The Morgan fingerprint density at radius 1 is 1.27 bits per heavy atom. The van der Waals surface area contributed by atoms with E-state index in [0.29, 0.717) is 0 Å². The third-order valence-corrected chi connectivity index (χ3v) is 2.72. The van der Waals surface area contributed by atoms with Crippen LogP contribution in [-0.2, 0) is 6.42 Å². The molecule has 0 N–H and O–H groups in total. The molecule has 0 atom stereocenters. The molecule has 0 radical (unpaired) electrons. The van der Waals surface area contributed by atoms with Gasteiger partial charge in [-0.1, -0.05) is 18.2 Å². The van der Waals surface area contributed by atoms with E-state index >= 15 is 0 Å². The Morgan fingerprint density at radius 3 is 2.60 bits per heavy atom. The van der Waals surface area contributed by atoms with Crippen LogP contribution >= 0.6 is 0 Å². The Labute approximate surface area is 91.6 Å². The van der Waals surface area contributed by atoms with E-state index < -0.39 is 0 Å². The van der Waals surface area contributed by atoms with Crippen molar-refractivity contribution in [3.05, 3.63) is 29.8 Å². The van der Waals surface area contributed by atoms with Gasteiger partial charge in [-0.25, -0.2) is 0 Å². The maximum atomic E-state index is 4.62. The van der Waals surface area contributed by atoms with Crippen molar-refractivity contribution in [2.24, 2.45) is 5.10 Å². The van der Waals surface area contributed by atoms with Crippen LogP contribution in [0.2, 0.25) is 0 Å². The number of benzene rings is 1. The minimum Gasteiger partial charge on any atom is -0.259 e. The van der Waals surface area contributed by atoms with Crippen molar-refractivity contribution < 1.29 is 0 Å². The Morgan fingerprint density at radius 2 is 1.93 bits per heavy atom. The lowest BCUT2D eigenvalue weighted by molar-refractivity contribution is 0.496. The summed E-state index contributed by atoms with van der Waals surface area (Å²) in [7, 11) is 0. The molecule has 0 unspecified atom stereocenters. The number of para-hydroxylation sites is 1. The Hall–Kier alpha value is -1.31. The topological polar surface area (TPSA) is 15.6 Å². The van der Waals surface area contributed by atoms with Crippen molar-refractivity contribution in [3.63, 3.8) is 0 Å². The highest BCUT2D eigenvalue weighted by Crippen LogP contribution is 2.38. The van der Waals surface area contributed by atoms with Gasteiger partial charge in [0.05, 0.1) is 11.2 Å². The van der Waals surface area contributed by atoms with Crippen LogP contribution in [0.1, 0.15) is 33.3 Å². The minimum atomic E-state index is 0.0982. The quantitative estimate of drug-likeness (QED) is 0.638. The Kier molecular flexibility index (Phi) is 2.29. The van der Waals surface area contributed by atoms with Gasteiger partial charge in [-0.05, 0) is 45.7 Å². The maximum Gasteiger partial charge on any atom is 0.0633 e. The van der Waals surface area contributed by atoms with Crippen LogP contribution in [0.3, 0.4) is 0 Å². The molecule has 1 aromatic carbocycles. The number of anilines is 1. The molecule has 0 fully saturated rings. The molecule has 2 heteroatoms. The van der Waals surface area contributed by atoms with Crippen molar-refractivity contribution in [2.75, 3.05) is 5.01 Å². The third-order valence-electron chi connectivity index (χ3n) is 2.72. The standard InChI is InChI=1S/C13H18N2/c1-10(2)14-15-12-8-6-5-7-11(12)9-13(15,3)4/h5-8H,9H2,1-4H3. The van der Waals surface area contributed by atoms with Crippen molar-refractivity contribution in [3.8, 4) is 0 Å². The van der Waals surface area contributed by atoms with Gasteiger partial charge >= 0.3 is 0 Å². The molecule has 15 heavy (non-hydrogen) atoms. The van der Waals surface area contributed by atoms with Crippen LogP contribution in [0.25, 0.3) is 0 Å². The minimum absolute atomic E-state index is 0.0982. The molecular formula is C13H18N2. The smallest absolute Gasteiger partial charge is 0.0633 e. The van der Waals surface area contributed by atoms with E-state index in [2.05, 4.69) is 48.2 Å². The van der Waals surface area contributed by atoms with E-state index in [4.69, 9.17) is 0 Å². The zero-order valence-corrected chi connectivity index (χ0v) is 9.91.